The predicted molar refractivity (Wildman–Crippen MR) is 334 cm³/mol. The van der Waals surface area contributed by atoms with E-state index in [4.69, 9.17) is 0 Å². The molecule has 0 unspecified atom stereocenters. The summed E-state index contributed by atoms with van der Waals surface area (Å²) in [6, 6.07) is -13.2. The second-order valence-corrected chi connectivity index (χ2v) is 26.6. The molecule has 1 heterocycles. The molecule has 11 amide bonds. The fourth-order valence-corrected chi connectivity index (χ4v) is 10.9. The van der Waals surface area contributed by atoms with Crippen LogP contribution in [-0.2, 0) is 52.7 Å². The van der Waals surface area contributed by atoms with E-state index >= 15 is 9.59 Å². The Morgan fingerprint density at radius 3 is 1.30 bits per heavy atom. The first kappa shape index (κ1) is 78.8. The van der Waals surface area contributed by atoms with Crippen molar-refractivity contribution in [2.24, 2.45) is 41.4 Å². The molecule has 498 valence electrons. The highest BCUT2D eigenvalue weighted by atomic mass is 16.3. The standard InChI is InChI=1S/C63H113N11O13/c1-25-27-28-40(15)53(77)52-57(81)67-50(47(75)26-2)61(85)68(18)33-48(76)69(19)43(29-34(3)4)56(80)66-49(38(11)12)62(86)70(20)44(30-35(5)6)55(79)64-41(16)54(78)65-42(17)58(82)71(21)45(31-36(7)8)59(83)72(22)46(32-37(9)10)60(84)73(23)51(39(13)14)63(87)74(52)24/h25,27,34-47,49-53,75,77H,26,28-33H2,1-24H3,(H,64,79)(H,65,78)(H,66,80)(H,67,81)/b27-25+/t40-,41+,42-,43+,44+,45+,46+,47-,49+,50+,51+,52+,53-/m1/s1. The second kappa shape index (κ2) is 35.7. The Bertz CT molecular complexity index is 2380. The quantitative estimate of drug-likeness (QED) is 0.121. The van der Waals surface area contributed by atoms with Crippen LogP contribution in [0.15, 0.2) is 12.2 Å². The summed E-state index contributed by atoms with van der Waals surface area (Å²) in [6.45, 7) is 28.9. The lowest BCUT2D eigenvalue weighted by Crippen LogP contribution is -2.64. The van der Waals surface area contributed by atoms with Crippen LogP contribution < -0.4 is 21.3 Å². The molecule has 87 heavy (non-hydrogen) atoms. The van der Waals surface area contributed by atoms with Crippen LogP contribution in [0.5, 0.6) is 0 Å². The zero-order chi connectivity index (χ0) is 67.6. The third-order valence-corrected chi connectivity index (χ3v) is 16.4. The van der Waals surface area contributed by atoms with Crippen LogP contribution in [0.1, 0.15) is 156 Å². The van der Waals surface area contributed by atoms with E-state index in [1.54, 1.807) is 60.6 Å². The number of carbonyl (C=O) groups is 11. The van der Waals surface area contributed by atoms with Crippen LogP contribution in [-0.4, -0.2) is 238 Å². The number of carbonyl (C=O) groups excluding carboxylic acids is 11. The summed E-state index contributed by atoms with van der Waals surface area (Å²) in [6.07, 6.45) is 1.10. The third kappa shape index (κ3) is 22.1. The summed E-state index contributed by atoms with van der Waals surface area (Å²) in [5.41, 5.74) is 0. The summed E-state index contributed by atoms with van der Waals surface area (Å²) < 4.78 is 0. The summed E-state index contributed by atoms with van der Waals surface area (Å²) in [7, 11) is 9.66. The lowest BCUT2D eigenvalue weighted by Gasteiger charge is -2.41. The molecule has 24 heteroatoms. The normalized spacial score (nSPS) is 26.9. The third-order valence-electron chi connectivity index (χ3n) is 16.4. The molecule has 1 saturated heterocycles. The van der Waals surface area contributed by atoms with E-state index < -0.39 is 162 Å². The van der Waals surface area contributed by atoms with Crippen molar-refractivity contribution in [1.29, 1.82) is 0 Å². The zero-order valence-corrected chi connectivity index (χ0v) is 57.1. The van der Waals surface area contributed by atoms with Gasteiger partial charge in [0.1, 0.15) is 60.4 Å². The average molecular weight is 1230 g/mol. The number of amides is 11. The van der Waals surface area contributed by atoms with Crippen LogP contribution in [0.2, 0.25) is 0 Å². The van der Waals surface area contributed by atoms with Gasteiger partial charge < -0.3 is 65.8 Å². The average Bonchev–Trinajstić information content (AvgIpc) is 1.46. The van der Waals surface area contributed by atoms with Crippen molar-refractivity contribution in [1.82, 2.24) is 55.6 Å². The van der Waals surface area contributed by atoms with Crippen molar-refractivity contribution < 1.29 is 63.0 Å². The molecule has 0 aromatic carbocycles. The van der Waals surface area contributed by atoms with Gasteiger partial charge in [-0.1, -0.05) is 109 Å². The first-order chi connectivity index (χ1) is 40.1. The van der Waals surface area contributed by atoms with Crippen LogP contribution in [0, 0.1) is 41.4 Å². The maximum Gasteiger partial charge on any atom is 0.248 e. The summed E-state index contributed by atoms with van der Waals surface area (Å²) in [5, 5.41) is 34.4. The van der Waals surface area contributed by atoms with Gasteiger partial charge in [-0.25, -0.2) is 0 Å². The van der Waals surface area contributed by atoms with E-state index in [9.17, 15) is 53.4 Å². The summed E-state index contributed by atoms with van der Waals surface area (Å²) >= 11 is 0. The zero-order valence-electron chi connectivity index (χ0n) is 57.1. The maximum absolute atomic E-state index is 15.2. The van der Waals surface area contributed by atoms with Gasteiger partial charge in [0.05, 0.1) is 18.8 Å². The molecule has 0 saturated carbocycles. The predicted octanol–water partition coefficient (Wildman–Crippen LogP) is 2.63. The molecule has 0 aromatic rings. The number of hydrogen-bond donors (Lipinski definition) is 6. The highest BCUT2D eigenvalue weighted by Gasteiger charge is 2.46. The smallest absolute Gasteiger partial charge is 0.248 e. The molecule has 1 aliphatic rings. The highest BCUT2D eigenvalue weighted by Crippen LogP contribution is 2.26. The highest BCUT2D eigenvalue weighted by molar-refractivity contribution is 5.99. The monoisotopic (exact) mass is 1230 g/mol. The molecule has 0 radical (unpaired) electrons. The Kier molecular flexibility index (Phi) is 32.4. The van der Waals surface area contributed by atoms with Crippen LogP contribution in [0.3, 0.4) is 0 Å². The van der Waals surface area contributed by atoms with Gasteiger partial charge in [0.2, 0.25) is 65.0 Å². The van der Waals surface area contributed by atoms with Gasteiger partial charge in [0, 0.05) is 49.3 Å². The number of hydrogen-bond acceptors (Lipinski definition) is 13. The second-order valence-electron chi connectivity index (χ2n) is 26.6. The van der Waals surface area contributed by atoms with E-state index in [0.717, 1.165) is 14.7 Å². The number of nitrogens with one attached hydrogen (secondary N) is 4. The van der Waals surface area contributed by atoms with Crippen molar-refractivity contribution in [3.8, 4) is 0 Å². The molecular formula is C63H113N11O13. The van der Waals surface area contributed by atoms with Gasteiger partial charge in [-0.3, -0.25) is 52.7 Å². The van der Waals surface area contributed by atoms with Crippen molar-refractivity contribution >= 4 is 65.0 Å². The molecular weight excluding hydrogens is 1120 g/mol. The number of aliphatic hydroxyl groups is 2. The number of aliphatic hydroxyl groups excluding tert-OH is 2. The molecule has 0 aromatic heterocycles. The van der Waals surface area contributed by atoms with Crippen molar-refractivity contribution in [3.05, 3.63) is 12.2 Å². The van der Waals surface area contributed by atoms with E-state index in [-0.39, 0.29) is 62.2 Å². The van der Waals surface area contributed by atoms with Gasteiger partial charge >= 0.3 is 0 Å². The molecule has 0 spiro atoms. The minimum atomic E-state index is -1.73. The molecule has 0 aliphatic carbocycles. The van der Waals surface area contributed by atoms with E-state index in [2.05, 4.69) is 21.3 Å². The number of nitrogens with zero attached hydrogens (tertiary/aromatic N) is 7. The first-order valence-electron chi connectivity index (χ1n) is 31.2. The Hall–Kier alpha value is -6.17. The number of rotatable bonds is 16. The lowest BCUT2D eigenvalue weighted by atomic mass is 9.91. The van der Waals surface area contributed by atoms with Gasteiger partial charge in [-0.05, 0) is 101 Å². The topological polar surface area (TPSA) is 299 Å². The minimum absolute atomic E-state index is 0.0702. The molecule has 13 atom stereocenters. The van der Waals surface area contributed by atoms with E-state index in [1.165, 1.54) is 82.8 Å². The molecule has 0 bridgehead atoms. The van der Waals surface area contributed by atoms with Gasteiger partial charge in [-0.15, -0.1) is 0 Å². The number of allylic oxidation sites excluding steroid dienone is 2. The van der Waals surface area contributed by atoms with Gasteiger partial charge in [-0.2, -0.15) is 0 Å². The Morgan fingerprint density at radius 2 is 0.851 bits per heavy atom. The Labute approximate surface area is 520 Å². The van der Waals surface area contributed by atoms with Crippen molar-refractivity contribution in [2.75, 3.05) is 55.9 Å². The SMILES string of the molecule is C/C=C/C[C@@H](C)[C@@H](O)[C@H]1C(=O)N[C@@H]([C@H](O)CC)C(=O)N(C)CC(=O)N(C)[C@@H](CC(C)C)C(=O)N[C@@H](C(C)C)C(=O)N(C)[C@@H](CC(C)C)C(=O)N[C@@H](C)C(=O)N[C@H](C)C(=O)N(C)[C@@H](CC(C)C)C(=O)N(C)[C@@H](CC(C)C)C(=O)N(C)[C@@H](C(C)C)C(=O)N1C. The molecule has 1 rings (SSSR count). The van der Waals surface area contributed by atoms with Crippen molar-refractivity contribution in [3.63, 3.8) is 0 Å². The van der Waals surface area contributed by atoms with Crippen molar-refractivity contribution in [2.45, 2.75) is 229 Å². The minimum Gasteiger partial charge on any atom is -0.390 e. The number of likely N-dealkylation sites (N-methyl/N-ethyl adjacent to an activating group) is 7. The summed E-state index contributed by atoms with van der Waals surface area (Å²) in [4.78, 5) is 169. The van der Waals surface area contributed by atoms with Gasteiger partial charge in [0.25, 0.3) is 0 Å². The van der Waals surface area contributed by atoms with E-state index in [0.29, 0.717) is 0 Å². The molecule has 6 N–H and O–H groups in total. The van der Waals surface area contributed by atoms with Gasteiger partial charge in [0.15, 0.2) is 0 Å². The van der Waals surface area contributed by atoms with E-state index in [1.807, 2.05) is 55.4 Å². The largest absolute Gasteiger partial charge is 0.390 e. The fourth-order valence-electron chi connectivity index (χ4n) is 10.9. The Balaban J connectivity index is 4.40. The maximum atomic E-state index is 15.2. The van der Waals surface area contributed by atoms with Crippen LogP contribution >= 0.6 is 0 Å². The lowest BCUT2D eigenvalue weighted by molar-refractivity contribution is -0.157. The molecule has 1 aliphatic heterocycles. The van der Waals surface area contributed by atoms with Crippen LogP contribution in [0.4, 0.5) is 0 Å². The Morgan fingerprint density at radius 1 is 0.448 bits per heavy atom. The molecule has 1 fully saturated rings. The van der Waals surface area contributed by atoms with Crippen LogP contribution in [0.25, 0.3) is 0 Å². The summed E-state index contributed by atoms with van der Waals surface area (Å²) in [5.74, 6) is -10.6. The fraction of sp³-hybridized carbons (Fsp3) is 0.794. The first-order valence-corrected chi connectivity index (χ1v) is 31.2. The molecule has 24 nitrogen and oxygen atoms in total.